The number of hydrogen-bond acceptors (Lipinski definition) is 3. The summed E-state index contributed by atoms with van der Waals surface area (Å²) in [5.41, 5.74) is 0.230. The Bertz CT molecular complexity index is 586. The van der Waals surface area contributed by atoms with Gasteiger partial charge < -0.3 is 5.11 Å². The van der Waals surface area contributed by atoms with Crippen LogP contribution >= 0.6 is 0 Å². The molecule has 1 aromatic heterocycles. The maximum absolute atomic E-state index is 11.8. The molecule has 0 atom stereocenters. The number of rotatable bonds is 3. The van der Waals surface area contributed by atoms with Crippen LogP contribution in [0.5, 0.6) is 0 Å². The van der Waals surface area contributed by atoms with E-state index in [1.807, 2.05) is 0 Å². The van der Waals surface area contributed by atoms with E-state index in [2.05, 4.69) is 0 Å². The molecule has 6 heteroatoms. The van der Waals surface area contributed by atoms with Crippen LogP contribution in [0.4, 0.5) is 0 Å². The molecule has 0 bridgehead atoms. The van der Waals surface area contributed by atoms with Crippen molar-refractivity contribution in [2.24, 2.45) is 0 Å². The Morgan fingerprint density at radius 2 is 1.63 bits per heavy atom. The summed E-state index contributed by atoms with van der Waals surface area (Å²) in [5, 5.41) is 8.82. The third kappa shape index (κ3) is 4.31. The number of pyridine rings is 1. The summed E-state index contributed by atoms with van der Waals surface area (Å²) in [6.45, 7) is 0. The van der Waals surface area contributed by atoms with Crippen LogP contribution in [0, 0.1) is 0 Å². The summed E-state index contributed by atoms with van der Waals surface area (Å²) >= 11 is 0. The van der Waals surface area contributed by atoms with E-state index in [-0.39, 0.29) is 48.9 Å². The Labute approximate surface area is 139 Å². The molecule has 1 heterocycles. The van der Waals surface area contributed by atoms with E-state index < -0.39 is 11.9 Å². The van der Waals surface area contributed by atoms with Gasteiger partial charge in [0.2, 0.25) is 12.4 Å². The number of carboxylic acids is 1. The second-order valence-electron chi connectivity index (χ2n) is 3.50. The van der Waals surface area contributed by atoms with Crippen LogP contribution in [-0.4, -0.2) is 54.8 Å². The summed E-state index contributed by atoms with van der Waals surface area (Å²) in [6, 6.07) is 10.9. The van der Waals surface area contributed by atoms with Crippen molar-refractivity contribution in [3.63, 3.8) is 0 Å². The fourth-order valence-corrected chi connectivity index (χ4v) is 1.37. The quantitative estimate of drug-likeness (QED) is 0.638. The molecule has 0 spiro atoms. The van der Waals surface area contributed by atoms with Crippen molar-refractivity contribution >= 4 is 49.7 Å². The van der Waals surface area contributed by atoms with Crippen LogP contribution in [0.3, 0.4) is 0 Å². The standard InChI is InChI=1S/C13H9NO4.Ca.2H/c15-12(16)10-5-4-6-11(9-10)13(17)18-14-7-2-1-3-8-14;;;/h1-9H;;;/p+1. The Hall–Kier alpha value is -1.43. The molecule has 19 heavy (non-hydrogen) atoms. The van der Waals surface area contributed by atoms with Crippen molar-refractivity contribution in [3.05, 3.63) is 66.0 Å². The molecular weight excluding hydrogens is 274 g/mol. The van der Waals surface area contributed by atoms with Gasteiger partial charge in [-0.05, 0) is 18.2 Å². The molecule has 0 aliphatic heterocycles. The molecule has 5 nitrogen and oxygen atoms in total. The third-order valence-corrected chi connectivity index (χ3v) is 2.22. The van der Waals surface area contributed by atoms with Gasteiger partial charge in [-0.15, -0.1) is 0 Å². The number of carbonyl (C=O) groups is 2. The summed E-state index contributed by atoms with van der Waals surface area (Å²) in [6.07, 6.45) is 3.14. The first-order chi connectivity index (χ1) is 8.66. The third-order valence-electron chi connectivity index (χ3n) is 2.22. The van der Waals surface area contributed by atoms with Gasteiger partial charge in [0.25, 0.3) is 0 Å². The van der Waals surface area contributed by atoms with Crippen LogP contribution in [0.15, 0.2) is 54.9 Å². The monoisotopic (exact) mass is 286 g/mol. The number of aromatic carboxylic acids is 1. The first kappa shape index (κ1) is 15.6. The van der Waals surface area contributed by atoms with E-state index in [0.29, 0.717) is 0 Å². The van der Waals surface area contributed by atoms with Gasteiger partial charge in [0.1, 0.15) is 0 Å². The van der Waals surface area contributed by atoms with Gasteiger partial charge in [0, 0.05) is 16.9 Å². The number of benzene rings is 1. The van der Waals surface area contributed by atoms with E-state index in [1.54, 1.807) is 30.6 Å². The number of aromatic nitrogens is 1. The topological polar surface area (TPSA) is 67.5 Å². The number of hydrogen-bond donors (Lipinski definition) is 1. The molecule has 0 amide bonds. The van der Waals surface area contributed by atoms with Crippen molar-refractivity contribution in [2.75, 3.05) is 0 Å². The fraction of sp³-hybridized carbons (Fsp3) is 0. The number of carbonyl (C=O) groups excluding carboxylic acids is 1. The molecule has 2 rings (SSSR count). The van der Waals surface area contributed by atoms with Crippen LogP contribution in [-0.2, 0) is 0 Å². The predicted octanol–water partition coefficient (Wildman–Crippen LogP) is 0.0251. The van der Waals surface area contributed by atoms with E-state index >= 15 is 0 Å². The molecule has 1 aromatic carbocycles. The molecule has 0 radical (unpaired) electrons. The normalized spacial score (nSPS) is 9.26. The zero-order valence-corrected chi connectivity index (χ0v) is 9.32. The molecular formula is C13H12CaNO4+. The predicted molar refractivity (Wildman–Crippen MR) is 69.5 cm³/mol. The SMILES string of the molecule is O=C(O)c1cccc(C(=O)O[n+]2ccccc2)c1.[CaH2]. The van der Waals surface area contributed by atoms with Crippen molar-refractivity contribution in [2.45, 2.75) is 0 Å². The molecule has 0 fully saturated rings. The Balaban J connectivity index is 0.00000180. The molecule has 0 saturated carbocycles. The van der Waals surface area contributed by atoms with Crippen LogP contribution in [0.25, 0.3) is 0 Å². The number of nitrogens with zero attached hydrogens (tertiary/aromatic N) is 1. The Morgan fingerprint density at radius 3 is 2.26 bits per heavy atom. The van der Waals surface area contributed by atoms with E-state index in [0.717, 1.165) is 0 Å². The zero-order chi connectivity index (χ0) is 13.0. The first-order valence-electron chi connectivity index (χ1n) is 5.19. The summed E-state index contributed by atoms with van der Waals surface area (Å²) in [7, 11) is 0. The average Bonchev–Trinajstić information content (AvgIpc) is 2.40. The first-order valence-corrected chi connectivity index (χ1v) is 5.19. The van der Waals surface area contributed by atoms with Crippen LogP contribution in [0.1, 0.15) is 20.7 Å². The summed E-state index contributed by atoms with van der Waals surface area (Å²) in [4.78, 5) is 27.5. The molecule has 0 aliphatic rings. The minimum atomic E-state index is -1.09. The maximum atomic E-state index is 11.8. The van der Waals surface area contributed by atoms with Gasteiger partial charge in [-0.25, -0.2) is 9.59 Å². The van der Waals surface area contributed by atoms with E-state index in [1.165, 1.54) is 29.0 Å². The number of carboxylic acid groups (broad SMARTS) is 1. The molecule has 94 valence electrons. The van der Waals surface area contributed by atoms with Gasteiger partial charge >= 0.3 is 49.7 Å². The summed E-state index contributed by atoms with van der Waals surface area (Å²) < 4.78 is 1.25. The Morgan fingerprint density at radius 1 is 1.00 bits per heavy atom. The van der Waals surface area contributed by atoms with Gasteiger partial charge in [0.05, 0.1) is 11.1 Å². The second kappa shape index (κ2) is 7.23. The molecule has 2 aromatic rings. The second-order valence-corrected chi connectivity index (χ2v) is 3.50. The summed E-state index contributed by atoms with van der Waals surface area (Å²) in [5.74, 6) is -1.70. The molecule has 0 saturated heterocycles. The van der Waals surface area contributed by atoms with Gasteiger partial charge in [-0.3, -0.25) is 0 Å². The van der Waals surface area contributed by atoms with Crippen molar-refractivity contribution < 1.29 is 24.3 Å². The molecule has 0 aliphatic carbocycles. The van der Waals surface area contributed by atoms with Crippen LogP contribution < -0.4 is 9.57 Å². The zero-order valence-electron chi connectivity index (χ0n) is 9.32. The average molecular weight is 286 g/mol. The fourth-order valence-electron chi connectivity index (χ4n) is 1.37. The van der Waals surface area contributed by atoms with Crippen molar-refractivity contribution in [3.8, 4) is 0 Å². The molecule has 0 unspecified atom stereocenters. The Kier molecular flexibility index (Phi) is 5.95. The molecule has 1 N–H and O–H groups in total. The van der Waals surface area contributed by atoms with Gasteiger partial charge in [-0.2, -0.15) is 4.84 Å². The van der Waals surface area contributed by atoms with Crippen LogP contribution in [0.2, 0.25) is 0 Å². The minimum absolute atomic E-state index is 0. The van der Waals surface area contributed by atoms with Crippen molar-refractivity contribution in [1.29, 1.82) is 0 Å². The van der Waals surface area contributed by atoms with Gasteiger partial charge in [-0.1, -0.05) is 12.1 Å². The van der Waals surface area contributed by atoms with Crippen molar-refractivity contribution in [1.82, 2.24) is 0 Å². The van der Waals surface area contributed by atoms with E-state index in [9.17, 15) is 9.59 Å². The van der Waals surface area contributed by atoms with Gasteiger partial charge in [0.15, 0.2) is 0 Å². The van der Waals surface area contributed by atoms with E-state index in [4.69, 9.17) is 9.94 Å².